The average Bonchev–Trinajstić information content (AvgIpc) is 3.02. The Kier molecular flexibility index (Phi) is 4.20. The minimum Gasteiger partial charge on any atom is -0.495 e. The molecule has 0 aliphatic carbocycles. The number of rotatable bonds is 5. The van der Waals surface area contributed by atoms with Crippen molar-refractivity contribution in [1.29, 1.82) is 0 Å². The lowest BCUT2D eigenvalue weighted by Gasteiger charge is -2.10. The predicted molar refractivity (Wildman–Crippen MR) is 93.2 cm³/mol. The Hall–Kier alpha value is -3.26. The van der Waals surface area contributed by atoms with E-state index in [4.69, 9.17) is 21.4 Å². The fraction of sp³-hybridized carbons (Fsp3) is 0.0625. The van der Waals surface area contributed by atoms with Crippen molar-refractivity contribution >= 4 is 45.5 Å². The number of carbonyl (C=O) groups is 1. The molecule has 3 aromatic rings. The summed E-state index contributed by atoms with van der Waals surface area (Å²) in [5, 5.41) is 24.2. The van der Waals surface area contributed by atoms with Crippen LogP contribution in [0, 0.1) is 10.1 Å². The number of aromatic amines is 1. The third-order valence-corrected chi connectivity index (χ3v) is 3.94. The van der Waals surface area contributed by atoms with E-state index in [1.165, 1.54) is 25.3 Å². The molecule has 3 rings (SSSR count). The Morgan fingerprint density at radius 2 is 2.08 bits per heavy atom. The van der Waals surface area contributed by atoms with Crippen LogP contribution in [0.4, 0.5) is 17.1 Å². The number of benzene rings is 2. The highest BCUT2D eigenvalue weighted by atomic mass is 35.5. The molecule has 0 saturated carbocycles. The zero-order chi connectivity index (χ0) is 18.1. The summed E-state index contributed by atoms with van der Waals surface area (Å²) in [5.41, 5.74) is 0.930. The number of aromatic nitrogens is 1. The number of non-ortho nitro benzene ring substituents is 1. The Morgan fingerprint density at radius 1 is 1.32 bits per heavy atom. The van der Waals surface area contributed by atoms with Crippen molar-refractivity contribution in [2.24, 2.45) is 0 Å². The summed E-state index contributed by atoms with van der Waals surface area (Å²) in [6.07, 6.45) is 0. The van der Waals surface area contributed by atoms with Crippen LogP contribution < -0.4 is 10.1 Å². The summed E-state index contributed by atoms with van der Waals surface area (Å²) >= 11 is 5.99. The first-order chi connectivity index (χ1) is 11.9. The Labute approximate surface area is 146 Å². The van der Waals surface area contributed by atoms with Crippen molar-refractivity contribution in [1.82, 2.24) is 4.98 Å². The van der Waals surface area contributed by atoms with E-state index < -0.39 is 10.9 Å². The molecule has 0 bridgehead atoms. The van der Waals surface area contributed by atoms with Crippen LogP contribution in [0.1, 0.15) is 10.5 Å². The summed E-state index contributed by atoms with van der Waals surface area (Å²) in [6, 6.07) is 9.19. The number of methoxy groups -OCH3 is 1. The molecule has 0 radical (unpaired) electrons. The van der Waals surface area contributed by atoms with Gasteiger partial charge < -0.3 is 20.1 Å². The zero-order valence-corrected chi connectivity index (χ0v) is 13.6. The Bertz CT molecular complexity index is 999. The Balaban J connectivity index is 2.12. The van der Waals surface area contributed by atoms with Gasteiger partial charge >= 0.3 is 5.97 Å². The SMILES string of the molecule is COc1cc(Nc2ccc([N+](=O)[O-])c3[nH]c(C(=O)O)cc23)ccc1Cl. The number of hydrogen-bond donors (Lipinski definition) is 3. The van der Waals surface area contributed by atoms with Gasteiger partial charge in [-0.2, -0.15) is 0 Å². The number of ether oxygens (including phenoxy) is 1. The van der Waals surface area contributed by atoms with Crippen LogP contribution in [0.3, 0.4) is 0 Å². The molecule has 2 aromatic carbocycles. The highest BCUT2D eigenvalue weighted by Gasteiger charge is 2.19. The van der Waals surface area contributed by atoms with Gasteiger partial charge in [-0.25, -0.2) is 4.79 Å². The molecule has 8 nitrogen and oxygen atoms in total. The van der Waals surface area contributed by atoms with Crippen LogP contribution in [-0.4, -0.2) is 28.1 Å². The van der Waals surface area contributed by atoms with E-state index in [1.807, 2.05) is 0 Å². The number of nitro benzene ring substituents is 1. The van der Waals surface area contributed by atoms with Gasteiger partial charge in [-0.1, -0.05) is 11.6 Å². The van der Waals surface area contributed by atoms with Gasteiger partial charge in [-0.15, -0.1) is 0 Å². The summed E-state index contributed by atoms with van der Waals surface area (Å²) in [5.74, 6) is -0.741. The minimum absolute atomic E-state index is 0.133. The molecule has 0 aliphatic heterocycles. The maximum Gasteiger partial charge on any atom is 0.352 e. The van der Waals surface area contributed by atoms with E-state index in [0.717, 1.165) is 0 Å². The topological polar surface area (TPSA) is 117 Å². The van der Waals surface area contributed by atoms with E-state index >= 15 is 0 Å². The first-order valence-electron chi connectivity index (χ1n) is 7.04. The molecule has 0 spiro atoms. The van der Waals surface area contributed by atoms with Crippen LogP contribution in [0.25, 0.3) is 10.9 Å². The van der Waals surface area contributed by atoms with Crippen molar-refractivity contribution < 1.29 is 19.6 Å². The second-order valence-corrected chi connectivity index (χ2v) is 5.55. The largest absolute Gasteiger partial charge is 0.495 e. The summed E-state index contributed by atoms with van der Waals surface area (Å²) in [7, 11) is 1.49. The van der Waals surface area contributed by atoms with Crippen molar-refractivity contribution in [3.63, 3.8) is 0 Å². The molecular formula is C16H12ClN3O5. The molecule has 3 N–H and O–H groups in total. The van der Waals surface area contributed by atoms with E-state index in [2.05, 4.69) is 10.3 Å². The maximum absolute atomic E-state index is 11.2. The van der Waals surface area contributed by atoms with Crippen LogP contribution in [0.5, 0.6) is 5.75 Å². The van der Waals surface area contributed by atoms with Crippen LogP contribution in [0.15, 0.2) is 36.4 Å². The predicted octanol–water partition coefficient (Wildman–Crippen LogP) is 4.18. The highest BCUT2D eigenvalue weighted by molar-refractivity contribution is 6.32. The molecule has 9 heteroatoms. The van der Waals surface area contributed by atoms with Crippen LogP contribution in [-0.2, 0) is 0 Å². The summed E-state index contributed by atoms with van der Waals surface area (Å²) < 4.78 is 5.15. The molecule has 25 heavy (non-hydrogen) atoms. The second kappa shape index (κ2) is 6.33. The standard InChI is InChI=1S/C16H12ClN3O5/c1-25-14-6-8(2-3-10(14)17)18-11-4-5-13(20(23)24)15-9(11)7-12(19-15)16(21)22/h2-7,18-19H,1H3,(H,21,22). The molecule has 1 heterocycles. The van der Waals surface area contributed by atoms with Gasteiger partial charge in [0.25, 0.3) is 5.69 Å². The van der Waals surface area contributed by atoms with Gasteiger partial charge in [0.2, 0.25) is 0 Å². The molecule has 128 valence electrons. The molecule has 0 unspecified atom stereocenters. The quantitative estimate of drug-likeness (QED) is 0.463. The van der Waals surface area contributed by atoms with Crippen LogP contribution in [0.2, 0.25) is 5.02 Å². The number of hydrogen-bond acceptors (Lipinski definition) is 5. The molecule has 0 fully saturated rings. The van der Waals surface area contributed by atoms with E-state index in [-0.39, 0.29) is 16.9 Å². The molecule has 0 aliphatic rings. The number of aromatic carboxylic acids is 1. The molecular weight excluding hydrogens is 350 g/mol. The lowest BCUT2D eigenvalue weighted by molar-refractivity contribution is -0.383. The third-order valence-electron chi connectivity index (χ3n) is 3.63. The number of nitrogens with zero attached hydrogens (tertiary/aromatic N) is 1. The summed E-state index contributed by atoms with van der Waals surface area (Å²) in [6.45, 7) is 0. The van der Waals surface area contributed by atoms with E-state index in [1.54, 1.807) is 18.2 Å². The highest BCUT2D eigenvalue weighted by Crippen LogP contribution is 2.35. The lowest BCUT2D eigenvalue weighted by atomic mass is 10.1. The van der Waals surface area contributed by atoms with Gasteiger partial charge in [0.05, 0.1) is 17.1 Å². The zero-order valence-electron chi connectivity index (χ0n) is 12.9. The number of nitrogens with one attached hydrogen (secondary N) is 2. The van der Waals surface area contributed by atoms with Crippen molar-refractivity contribution in [3.05, 3.63) is 57.2 Å². The van der Waals surface area contributed by atoms with Gasteiger partial charge in [0, 0.05) is 28.9 Å². The number of nitro groups is 1. The summed E-state index contributed by atoms with van der Waals surface area (Å²) in [4.78, 5) is 24.4. The van der Waals surface area contributed by atoms with Crippen molar-refractivity contribution in [2.45, 2.75) is 0 Å². The fourth-order valence-corrected chi connectivity index (χ4v) is 2.67. The number of halogens is 1. The Morgan fingerprint density at radius 3 is 2.72 bits per heavy atom. The normalized spacial score (nSPS) is 10.6. The van der Waals surface area contributed by atoms with Crippen molar-refractivity contribution in [2.75, 3.05) is 12.4 Å². The second-order valence-electron chi connectivity index (χ2n) is 5.14. The van der Waals surface area contributed by atoms with Gasteiger partial charge in [-0.3, -0.25) is 10.1 Å². The minimum atomic E-state index is -1.20. The molecule has 0 atom stereocenters. The van der Waals surface area contributed by atoms with Crippen molar-refractivity contribution in [3.8, 4) is 5.75 Å². The molecule has 0 saturated heterocycles. The molecule has 1 aromatic heterocycles. The van der Waals surface area contributed by atoms with E-state index in [9.17, 15) is 14.9 Å². The van der Waals surface area contributed by atoms with Crippen LogP contribution >= 0.6 is 11.6 Å². The number of carboxylic acids is 1. The number of H-pyrrole nitrogens is 1. The lowest BCUT2D eigenvalue weighted by Crippen LogP contribution is -1.96. The maximum atomic E-state index is 11.2. The average molecular weight is 362 g/mol. The first-order valence-corrected chi connectivity index (χ1v) is 7.42. The monoisotopic (exact) mass is 361 g/mol. The first kappa shape index (κ1) is 16.6. The van der Waals surface area contributed by atoms with Gasteiger partial charge in [0.15, 0.2) is 0 Å². The molecule has 0 amide bonds. The number of fused-ring (bicyclic) bond motifs is 1. The fourth-order valence-electron chi connectivity index (χ4n) is 2.47. The van der Waals surface area contributed by atoms with E-state index in [0.29, 0.717) is 27.5 Å². The number of carboxylic acid groups (broad SMARTS) is 1. The number of anilines is 2. The smallest absolute Gasteiger partial charge is 0.352 e. The third kappa shape index (κ3) is 3.07. The van der Waals surface area contributed by atoms with Gasteiger partial charge in [0.1, 0.15) is 17.0 Å². The van der Waals surface area contributed by atoms with Gasteiger partial charge in [-0.05, 0) is 24.3 Å².